The summed E-state index contributed by atoms with van der Waals surface area (Å²) in [7, 11) is 1.30. The van der Waals surface area contributed by atoms with Gasteiger partial charge in [0, 0.05) is 28.4 Å². The molecular formula is C29H22FN3O5S. The molecule has 196 valence electrons. The standard InChI is InChI=1S/C29H22FN3O5S/c1-38-28(36)19-8-12-22(13-9-19)31-26(34)17-32-16-20(23-4-2-3-5-24(23)32)14-25-27(35)33(29(37)39-25)15-18-6-10-21(30)11-7-18/h2-14,16H,15,17H2,1H3,(H,31,34)/b25-14-. The van der Waals surface area contributed by atoms with Crippen LogP contribution in [0.4, 0.5) is 14.9 Å². The second kappa shape index (κ2) is 11.0. The van der Waals surface area contributed by atoms with E-state index in [1.54, 1.807) is 41.1 Å². The number of thioether (sulfide) groups is 1. The van der Waals surface area contributed by atoms with Crippen molar-refractivity contribution in [3.05, 3.63) is 106 Å². The molecule has 0 atom stereocenters. The third-order valence-electron chi connectivity index (χ3n) is 6.14. The van der Waals surface area contributed by atoms with Gasteiger partial charge in [-0.2, -0.15) is 0 Å². The Morgan fingerprint density at radius 2 is 1.72 bits per heavy atom. The van der Waals surface area contributed by atoms with Gasteiger partial charge in [-0.1, -0.05) is 30.3 Å². The molecule has 1 N–H and O–H groups in total. The number of benzene rings is 3. The summed E-state index contributed by atoms with van der Waals surface area (Å²) in [6, 6.07) is 19.4. The van der Waals surface area contributed by atoms with Gasteiger partial charge >= 0.3 is 5.97 Å². The van der Waals surface area contributed by atoms with Crippen molar-refractivity contribution in [3.8, 4) is 0 Å². The first-order chi connectivity index (χ1) is 18.8. The zero-order valence-electron chi connectivity index (χ0n) is 20.7. The topological polar surface area (TPSA) is 97.7 Å². The van der Waals surface area contributed by atoms with Crippen LogP contribution < -0.4 is 5.32 Å². The maximum absolute atomic E-state index is 13.2. The molecule has 3 amide bonds. The van der Waals surface area contributed by atoms with Crippen molar-refractivity contribution in [2.45, 2.75) is 13.1 Å². The van der Waals surface area contributed by atoms with E-state index in [2.05, 4.69) is 10.1 Å². The molecule has 10 heteroatoms. The molecule has 1 aliphatic rings. The number of halogens is 1. The Morgan fingerprint density at radius 3 is 2.44 bits per heavy atom. The number of fused-ring (bicyclic) bond motifs is 1. The van der Waals surface area contributed by atoms with Crippen molar-refractivity contribution in [3.63, 3.8) is 0 Å². The van der Waals surface area contributed by atoms with Crippen LogP contribution >= 0.6 is 11.8 Å². The quantitative estimate of drug-likeness (QED) is 0.246. The number of hydrogen-bond acceptors (Lipinski definition) is 6. The highest BCUT2D eigenvalue weighted by atomic mass is 32.2. The molecule has 0 aliphatic carbocycles. The van der Waals surface area contributed by atoms with Gasteiger partial charge in [0.25, 0.3) is 11.1 Å². The molecule has 0 radical (unpaired) electrons. The van der Waals surface area contributed by atoms with Crippen molar-refractivity contribution < 1.29 is 28.3 Å². The Balaban J connectivity index is 1.34. The van der Waals surface area contributed by atoms with E-state index in [0.717, 1.165) is 27.6 Å². The van der Waals surface area contributed by atoms with E-state index in [9.17, 15) is 23.6 Å². The Bertz CT molecular complexity index is 1630. The summed E-state index contributed by atoms with van der Waals surface area (Å²) >= 11 is 0.840. The molecule has 0 bridgehead atoms. The highest BCUT2D eigenvalue weighted by Gasteiger charge is 2.35. The molecule has 1 saturated heterocycles. The van der Waals surface area contributed by atoms with Gasteiger partial charge in [0.15, 0.2) is 0 Å². The number of rotatable bonds is 7. The van der Waals surface area contributed by atoms with Crippen LogP contribution in [0, 0.1) is 5.82 Å². The number of esters is 1. The van der Waals surface area contributed by atoms with Crippen molar-refractivity contribution in [2.24, 2.45) is 0 Å². The second-order valence-electron chi connectivity index (χ2n) is 8.74. The van der Waals surface area contributed by atoms with Crippen LogP contribution in [0.3, 0.4) is 0 Å². The largest absolute Gasteiger partial charge is 0.465 e. The SMILES string of the molecule is COC(=O)c1ccc(NC(=O)Cn2cc(/C=C3\SC(=O)N(Cc4ccc(F)cc4)C3=O)c3ccccc32)cc1. The fraction of sp³-hybridized carbons (Fsp3) is 0.103. The smallest absolute Gasteiger partial charge is 0.337 e. The summed E-state index contributed by atoms with van der Waals surface area (Å²) in [6.45, 7) is 0.0456. The van der Waals surface area contributed by atoms with Crippen molar-refractivity contribution in [2.75, 3.05) is 12.4 Å². The molecule has 3 aromatic carbocycles. The van der Waals surface area contributed by atoms with Gasteiger partial charge in [-0.3, -0.25) is 19.3 Å². The summed E-state index contributed by atoms with van der Waals surface area (Å²) in [5.74, 6) is -1.58. The van der Waals surface area contributed by atoms with Crippen LogP contribution in [-0.4, -0.2) is 39.6 Å². The lowest BCUT2D eigenvalue weighted by Gasteiger charge is -2.12. The van der Waals surface area contributed by atoms with Gasteiger partial charge < -0.3 is 14.6 Å². The molecule has 5 rings (SSSR count). The number of anilines is 1. The number of amides is 3. The molecule has 0 spiro atoms. The first-order valence-corrected chi connectivity index (χ1v) is 12.7. The summed E-state index contributed by atoms with van der Waals surface area (Å²) in [6.07, 6.45) is 3.41. The van der Waals surface area contributed by atoms with E-state index in [1.807, 2.05) is 24.3 Å². The van der Waals surface area contributed by atoms with E-state index in [1.165, 1.54) is 31.4 Å². The lowest BCUT2D eigenvalue weighted by atomic mass is 10.1. The van der Waals surface area contributed by atoms with E-state index < -0.39 is 22.9 Å². The van der Waals surface area contributed by atoms with E-state index in [4.69, 9.17) is 0 Å². The minimum atomic E-state index is -0.465. The predicted octanol–water partition coefficient (Wildman–Crippen LogP) is 5.44. The van der Waals surface area contributed by atoms with Gasteiger partial charge in [-0.05, 0) is 65.9 Å². The van der Waals surface area contributed by atoms with Crippen LogP contribution in [0.25, 0.3) is 17.0 Å². The molecule has 1 aliphatic heterocycles. The minimum Gasteiger partial charge on any atom is -0.465 e. The van der Waals surface area contributed by atoms with Crippen molar-refractivity contribution in [1.29, 1.82) is 0 Å². The van der Waals surface area contributed by atoms with Crippen molar-refractivity contribution in [1.82, 2.24) is 9.47 Å². The van der Waals surface area contributed by atoms with Crippen LogP contribution in [0.1, 0.15) is 21.5 Å². The highest BCUT2D eigenvalue weighted by Crippen LogP contribution is 2.35. The molecule has 39 heavy (non-hydrogen) atoms. The normalized spacial score (nSPS) is 14.3. The Kier molecular flexibility index (Phi) is 7.29. The number of nitrogens with one attached hydrogen (secondary N) is 1. The number of imide groups is 1. The van der Waals surface area contributed by atoms with E-state index >= 15 is 0 Å². The maximum Gasteiger partial charge on any atom is 0.337 e. The number of carbonyl (C=O) groups excluding carboxylic acids is 4. The average molecular weight is 544 g/mol. The third kappa shape index (κ3) is 5.60. The van der Waals surface area contributed by atoms with Crippen LogP contribution in [0.5, 0.6) is 0 Å². The van der Waals surface area contributed by atoms with Crippen molar-refractivity contribution >= 4 is 57.5 Å². The Labute approximate surface area is 227 Å². The highest BCUT2D eigenvalue weighted by molar-refractivity contribution is 8.18. The second-order valence-corrected chi connectivity index (χ2v) is 9.73. The molecule has 2 heterocycles. The number of methoxy groups -OCH3 is 1. The van der Waals surface area contributed by atoms with Gasteiger partial charge in [-0.25, -0.2) is 9.18 Å². The molecule has 1 aromatic heterocycles. The monoisotopic (exact) mass is 543 g/mol. The predicted molar refractivity (Wildman–Crippen MR) is 146 cm³/mol. The van der Waals surface area contributed by atoms with Gasteiger partial charge in [0.05, 0.1) is 24.1 Å². The molecule has 0 unspecified atom stereocenters. The molecule has 0 saturated carbocycles. The van der Waals surface area contributed by atoms with Crippen LogP contribution in [0.15, 0.2) is 83.9 Å². The Morgan fingerprint density at radius 1 is 1.00 bits per heavy atom. The number of aromatic nitrogens is 1. The maximum atomic E-state index is 13.2. The summed E-state index contributed by atoms with van der Waals surface area (Å²) in [4.78, 5) is 51.5. The van der Waals surface area contributed by atoms with Crippen LogP contribution in [0.2, 0.25) is 0 Å². The molecule has 1 fully saturated rings. The minimum absolute atomic E-state index is 0.000842. The number of ether oxygens (including phenoxy) is 1. The van der Waals surface area contributed by atoms with Gasteiger partial charge in [0.1, 0.15) is 12.4 Å². The zero-order valence-corrected chi connectivity index (χ0v) is 21.5. The van der Waals surface area contributed by atoms with E-state index in [0.29, 0.717) is 22.4 Å². The number of nitrogens with zero attached hydrogens (tertiary/aromatic N) is 2. The first kappa shape index (κ1) is 25.9. The lowest BCUT2D eigenvalue weighted by Crippen LogP contribution is -2.27. The molecular weight excluding hydrogens is 521 g/mol. The first-order valence-electron chi connectivity index (χ1n) is 11.9. The fourth-order valence-corrected chi connectivity index (χ4v) is 5.06. The lowest BCUT2D eigenvalue weighted by molar-refractivity contribution is -0.123. The number of hydrogen-bond donors (Lipinski definition) is 1. The summed E-state index contributed by atoms with van der Waals surface area (Å²) in [5, 5.41) is 3.22. The molecule has 4 aromatic rings. The summed E-state index contributed by atoms with van der Waals surface area (Å²) in [5.41, 5.74) is 3.01. The van der Waals surface area contributed by atoms with E-state index in [-0.39, 0.29) is 23.9 Å². The number of carbonyl (C=O) groups is 4. The molecule has 8 nitrogen and oxygen atoms in total. The summed E-state index contributed by atoms with van der Waals surface area (Å²) < 4.78 is 19.7. The third-order valence-corrected chi connectivity index (χ3v) is 7.04. The fourth-order valence-electron chi connectivity index (χ4n) is 4.23. The van der Waals surface area contributed by atoms with Gasteiger partial charge in [0.2, 0.25) is 5.91 Å². The Hall–Kier alpha value is -4.70. The number of para-hydroxylation sites is 1. The van der Waals surface area contributed by atoms with Crippen LogP contribution in [-0.2, 0) is 27.4 Å². The average Bonchev–Trinajstić information content (AvgIpc) is 3.41. The zero-order chi connectivity index (χ0) is 27.5. The van der Waals surface area contributed by atoms with Gasteiger partial charge in [-0.15, -0.1) is 0 Å².